The second-order valence-electron chi connectivity index (χ2n) is 8.10. The van der Waals surface area contributed by atoms with Gasteiger partial charge in [-0.1, -0.05) is 30.3 Å². The van der Waals surface area contributed by atoms with E-state index in [9.17, 15) is 9.90 Å². The molecule has 33 heavy (non-hydrogen) atoms. The van der Waals surface area contributed by atoms with Gasteiger partial charge in [0.25, 0.3) is 5.56 Å². The van der Waals surface area contributed by atoms with Gasteiger partial charge >= 0.3 is 0 Å². The first-order chi connectivity index (χ1) is 15.9. The minimum Gasteiger partial charge on any atom is -0.387 e. The molecule has 0 radical (unpaired) electrons. The van der Waals surface area contributed by atoms with E-state index in [1.165, 1.54) is 6.33 Å². The number of nitrogens with zero attached hydrogens (tertiary/aromatic N) is 6. The van der Waals surface area contributed by atoms with E-state index in [-0.39, 0.29) is 17.9 Å². The van der Waals surface area contributed by atoms with Crippen molar-refractivity contribution in [2.24, 2.45) is 0 Å². The van der Waals surface area contributed by atoms with Gasteiger partial charge in [-0.05, 0) is 44.0 Å². The molecule has 0 amide bonds. The highest BCUT2D eigenvalue weighted by Gasteiger charge is 2.21. The topological polar surface area (TPSA) is 125 Å². The number of fused-ring (bicyclic) bond motifs is 2. The van der Waals surface area contributed by atoms with Crippen LogP contribution in [0.1, 0.15) is 35.7 Å². The zero-order valence-electron chi connectivity index (χ0n) is 18.5. The van der Waals surface area contributed by atoms with E-state index in [1.807, 2.05) is 56.3 Å². The van der Waals surface area contributed by atoms with Crippen LogP contribution in [0.4, 0.5) is 5.82 Å². The molecule has 0 unspecified atom stereocenters. The maximum Gasteiger partial charge on any atom is 0.266 e. The first kappa shape index (κ1) is 20.8. The van der Waals surface area contributed by atoms with Crippen LogP contribution < -0.4 is 11.3 Å². The number of aryl methyl sites for hydroxylation is 2. The molecule has 3 heterocycles. The third kappa shape index (κ3) is 3.33. The molecule has 2 aromatic carbocycles. The van der Waals surface area contributed by atoms with Gasteiger partial charge in [0.05, 0.1) is 28.1 Å². The first-order valence-electron chi connectivity index (χ1n) is 10.6. The van der Waals surface area contributed by atoms with Gasteiger partial charge in [-0.2, -0.15) is 5.10 Å². The number of aliphatic hydroxyl groups is 1. The Kier molecular flexibility index (Phi) is 4.90. The highest BCUT2D eigenvalue weighted by Crippen LogP contribution is 2.27. The number of aliphatic hydroxyl groups excluding tert-OH is 1. The van der Waals surface area contributed by atoms with Crippen molar-refractivity contribution in [3.63, 3.8) is 0 Å². The van der Waals surface area contributed by atoms with Crippen LogP contribution in [0.15, 0.2) is 53.6 Å². The summed E-state index contributed by atoms with van der Waals surface area (Å²) >= 11 is 0. The molecule has 3 N–H and O–H groups in total. The third-order valence-electron chi connectivity index (χ3n) is 5.80. The lowest BCUT2D eigenvalue weighted by Gasteiger charge is -2.16. The van der Waals surface area contributed by atoms with Gasteiger partial charge in [0.1, 0.15) is 30.2 Å². The predicted octanol–water partition coefficient (Wildman–Crippen LogP) is 2.83. The van der Waals surface area contributed by atoms with E-state index < -0.39 is 6.10 Å². The van der Waals surface area contributed by atoms with Gasteiger partial charge in [0.2, 0.25) is 0 Å². The molecule has 166 valence electrons. The Morgan fingerprint density at radius 2 is 1.79 bits per heavy atom. The largest absolute Gasteiger partial charge is 0.387 e. The van der Waals surface area contributed by atoms with Crippen molar-refractivity contribution < 1.29 is 5.11 Å². The lowest BCUT2D eigenvalue weighted by atomic mass is 10.1. The second kappa shape index (κ2) is 7.79. The molecule has 1 atom stereocenters. The molecule has 9 nitrogen and oxygen atoms in total. The van der Waals surface area contributed by atoms with Gasteiger partial charge in [-0.3, -0.25) is 9.36 Å². The van der Waals surface area contributed by atoms with E-state index in [1.54, 1.807) is 16.2 Å². The molecule has 5 rings (SSSR count). The fraction of sp³-hybridized carbons (Fsp3) is 0.208. The summed E-state index contributed by atoms with van der Waals surface area (Å²) in [7, 11) is 0. The van der Waals surface area contributed by atoms with Crippen LogP contribution in [0.2, 0.25) is 0 Å². The van der Waals surface area contributed by atoms with Crippen molar-refractivity contribution in [2.75, 3.05) is 5.73 Å². The lowest BCUT2D eigenvalue weighted by molar-refractivity contribution is 0.194. The summed E-state index contributed by atoms with van der Waals surface area (Å²) in [6, 6.07) is 13.3. The molecule has 0 bridgehead atoms. The van der Waals surface area contributed by atoms with Gasteiger partial charge in [0, 0.05) is 0 Å². The van der Waals surface area contributed by atoms with Crippen molar-refractivity contribution in [1.29, 1.82) is 0 Å². The number of hydrogen-bond donors (Lipinski definition) is 2. The molecule has 5 aromatic rings. The average Bonchev–Trinajstić information content (AvgIpc) is 3.15. The molecule has 0 aliphatic heterocycles. The Morgan fingerprint density at radius 3 is 2.55 bits per heavy atom. The molecule has 0 saturated heterocycles. The molecule has 0 spiro atoms. The summed E-state index contributed by atoms with van der Waals surface area (Å²) in [5.41, 5.74) is 9.93. The van der Waals surface area contributed by atoms with E-state index in [4.69, 9.17) is 10.7 Å². The van der Waals surface area contributed by atoms with E-state index in [0.29, 0.717) is 33.5 Å². The van der Waals surface area contributed by atoms with Gasteiger partial charge < -0.3 is 10.8 Å². The van der Waals surface area contributed by atoms with Crippen molar-refractivity contribution >= 4 is 27.8 Å². The molecule has 9 heteroatoms. The fourth-order valence-electron chi connectivity index (χ4n) is 4.21. The summed E-state index contributed by atoms with van der Waals surface area (Å²) in [5.74, 6) is 0.728. The van der Waals surface area contributed by atoms with E-state index in [0.717, 1.165) is 16.8 Å². The van der Waals surface area contributed by atoms with Crippen molar-refractivity contribution in [2.45, 2.75) is 33.4 Å². The van der Waals surface area contributed by atoms with Crippen LogP contribution in [0.3, 0.4) is 0 Å². The van der Waals surface area contributed by atoms with E-state index in [2.05, 4.69) is 15.1 Å². The quantitative estimate of drug-likeness (QED) is 0.439. The lowest BCUT2D eigenvalue weighted by Crippen LogP contribution is -2.26. The number of aromatic nitrogens is 6. The number of benzene rings is 2. The number of rotatable bonds is 4. The van der Waals surface area contributed by atoms with Crippen LogP contribution >= 0.6 is 0 Å². The normalized spacial score (nSPS) is 12.5. The molecular formula is C24H23N7O2. The van der Waals surface area contributed by atoms with Crippen LogP contribution in [0.5, 0.6) is 0 Å². The van der Waals surface area contributed by atoms with Crippen LogP contribution in [0.25, 0.3) is 27.6 Å². The Morgan fingerprint density at radius 1 is 1.03 bits per heavy atom. The summed E-state index contributed by atoms with van der Waals surface area (Å²) in [5, 5.41) is 15.9. The van der Waals surface area contributed by atoms with Crippen LogP contribution in [0, 0.1) is 13.8 Å². The first-order valence-corrected chi connectivity index (χ1v) is 10.6. The summed E-state index contributed by atoms with van der Waals surface area (Å²) in [4.78, 5) is 27.0. The zero-order valence-corrected chi connectivity index (χ0v) is 18.5. The molecular weight excluding hydrogens is 418 g/mol. The Bertz CT molecular complexity index is 1580. The summed E-state index contributed by atoms with van der Waals surface area (Å²) in [6.45, 7) is 5.62. The Hall–Kier alpha value is -4.11. The second-order valence-corrected chi connectivity index (χ2v) is 8.10. The molecule has 0 saturated carbocycles. The monoisotopic (exact) mass is 441 g/mol. The maximum absolute atomic E-state index is 13.8. The smallest absolute Gasteiger partial charge is 0.266 e. The molecule has 0 aliphatic rings. The Balaban J connectivity index is 1.81. The average molecular weight is 441 g/mol. The minimum absolute atomic E-state index is 0.146. The number of hydrogen-bond acceptors (Lipinski definition) is 7. The van der Waals surface area contributed by atoms with Crippen LogP contribution in [-0.4, -0.2) is 34.4 Å². The van der Waals surface area contributed by atoms with Gasteiger partial charge in [0.15, 0.2) is 5.65 Å². The zero-order chi connectivity index (χ0) is 23.3. The maximum atomic E-state index is 13.8. The van der Waals surface area contributed by atoms with E-state index >= 15 is 0 Å². The number of nitrogens with two attached hydrogens (primary N) is 1. The van der Waals surface area contributed by atoms with Gasteiger partial charge in [-0.25, -0.2) is 19.6 Å². The number of anilines is 1. The highest BCUT2D eigenvalue weighted by molar-refractivity contribution is 5.88. The van der Waals surface area contributed by atoms with Gasteiger partial charge in [-0.15, -0.1) is 0 Å². The fourth-order valence-corrected chi connectivity index (χ4v) is 4.21. The molecule has 0 fully saturated rings. The van der Waals surface area contributed by atoms with Crippen LogP contribution in [-0.2, 0) is 6.54 Å². The minimum atomic E-state index is -0.868. The molecule has 0 aliphatic carbocycles. The van der Waals surface area contributed by atoms with Crippen molar-refractivity contribution in [1.82, 2.24) is 29.3 Å². The third-order valence-corrected chi connectivity index (χ3v) is 5.80. The number of para-hydroxylation sites is 1. The highest BCUT2D eigenvalue weighted by atomic mass is 16.3. The number of nitrogen functional groups attached to an aromatic ring is 1. The predicted molar refractivity (Wildman–Crippen MR) is 126 cm³/mol. The standard InChI is InChI=1S/C24H23N7O2/c1-13-7-4-5-10-17(13)31-18(28-16-9-6-8-14(2)19(16)24(31)33)11-30-23-20(21(29-30)15(3)32)22(25)26-12-27-23/h4-10,12,15,32H,11H2,1-3H3,(H2,25,26,27)/t15-/m1/s1. The SMILES string of the molecule is Cc1ccccc1-n1c(Cn2nc([C@@H](C)O)c3c(N)ncnc32)nc2cccc(C)c2c1=O. The summed E-state index contributed by atoms with van der Waals surface area (Å²) in [6.07, 6.45) is 0.487. The summed E-state index contributed by atoms with van der Waals surface area (Å²) < 4.78 is 3.23. The Labute approximate surface area is 189 Å². The molecule has 3 aromatic heterocycles. The van der Waals surface area contributed by atoms with Crippen molar-refractivity contribution in [3.8, 4) is 5.69 Å². The van der Waals surface area contributed by atoms with Crippen molar-refractivity contribution in [3.05, 3.63) is 81.8 Å².